The summed E-state index contributed by atoms with van der Waals surface area (Å²) in [5.41, 5.74) is 5.22. The van der Waals surface area contributed by atoms with Crippen LogP contribution in [0.1, 0.15) is 11.6 Å². The van der Waals surface area contributed by atoms with Crippen molar-refractivity contribution in [2.75, 3.05) is 0 Å². The van der Waals surface area contributed by atoms with E-state index in [2.05, 4.69) is 84.7 Å². The van der Waals surface area contributed by atoms with Crippen LogP contribution in [0.5, 0.6) is 23.0 Å². The largest absolute Gasteiger partial charge is 2.00 e. The molecule has 0 unspecified atom stereocenters. The number of hydrogen-bond donors (Lipinski definition) is 0. The zero-order chi connectivity index (χ0) is 40.6. The number of benzene rings is 6. The minimum absolute atomic E-state index is 0. The van der Waals surface area contributed by atoms with Gasteiger partial charge in [0.15, 0.2) is 0 Å². The van der Waals surface area contributed by atoms with E-state index in [0.717, 1.165) is 66.0 Å². The number of fused-ring (bicyclic) bond motifs is 9. The summed E-state index contributed by atoms with van der Waals surface area (Å²) in [5.74, 6) is 5.29. The number of para-hydroxylation sites is 2. The van der Waals surface area contributed by atoms with Crippen LogP contribution in [0.4, 0.5) is 0 Å². The summed E-state index contributed by atoms with van der Waals surface area (Å²) in [6, 6.07) is 58.4. The number of ether oxygens (including phenoxy) is 2. The Kier molecular flexibility index (Phi) is 10.2. The van der Waals surface area contributed by atoms with Gasteiger partial charge in [0.25, 0.3) is 0 Å². The molecule has 0 bridgehead atoms. The Morgan fingerprint density at radius 1 is 0.381 bits per heavy atom. The van der Waals surface area contributed by atoms with Crippen molar-refractivity contribution in [2.45, 2.75) is 13.8 Å². The molecule has 12 heteroatoms. The summed E-state index contributed by atoms with van der Waals surface area (Å²) in [6.07, 6.45) is 3.59. The molecule has 63 heavy (non-hydrogen) atoms. The Hall–Kier alpha value is -6.99. The second-order valence-corrected chi connectivity index (χ2v) is 14.7. The molecule has 0 aliphatic rings. The number of aromatic nitrogens is 8. The second-order valence-electron chi connectivity index (χ2n) is 14.7. The Morgan fingerprint density at radius 3 is 1.14 bits per heavy atom. The minimum atomic E-state index is 0. The average molecular weight is 1180 g/mol. The van der Waals surface area contributed by atoms with Gasteiger partial charge in [-0.1, -0.05) is 70.6 Å². The standard InChI is InChI=1S/C51H30N8O2.2Pt/c1-31-54-32(2)56-51(55-31)59-47-29-35(60-33-17-21-39-37-11-3-5-13-43(37)57(45(39)27-33)49-15-7-9-25-52-49)19-23-41(47)42-24-20-36(30-48(42)59)61-34-18-22-40-38-12-4-6-14-44(38)58(46(40)28-34)50-16-8-10-26-53-50;;/h3-26H,1-2H3;;/q-4;2*+2. The van der Waals surface area contributed by atoms with Gasteiger partial charge < -0.3 is 23.2 Å². The van der Waals surface area contributed by atoms with E-state index in [1.54, 1.807) is 12.4 Å². The van der Waals surface area contributed by atoms with E-state index in [4.69, 9.17) is 19.4 Å². The van der Waals surface area contributed by atoms with E-state index in [1.807, 2.05) is 115 Å². The van der Waals surface area contributed by atoms with Crippen LogP contribution in [0.25, 0.3) is 83.0 Å². The van der Waals surface area contributed by atoms with Crippen LogP contribution >= 0.6 is 0 Å². The maximum atomic E-state index is 6.56. The van der Waals surface area contributed by atoms with Crippen molar-refractivity contribution in [2.24, 2.45) is 0 Å². The topological polar surface area (TPSA) is 97.7 Å². The molecule has 306 valence electrons. The molecule has 0 aliphatic heterocycles. The molecule has 0 N–H and O–H groups in total. The molecule has 0 atom stereocenters. The summed E-state index contributed by atoms with van der Waals surface area (Å²) >= 11 is 0. The summed E-state index contributed by atoms with van der Waals surface area (Å²) in [7, 11) is 0. The van der Waals surface area contributed by atoms with Crippen LogP contribution in [0.3, 0.4) is 0 Å². The summed E-state index contributed by atoms with van der Waals surface area (Å²) in [4.78, 5) is 23.4. The van der Waals surface area contributed by atoms with Gasteiger partial charge in [-0.25, -0.2) is 15.0 Å². The SMILES string of the molecule is Cc1nc(C)nc(-n2c3[c-]c(Oc4[c-]c5c(cc4)c4ccccc4n5-c4ccccn4)ccc3c3ccc(Oc4[c-]c5c(cc4)c4ccccc4n5-c4ccccn4)[c-]c32)n1.[Pt+2].[Pt+2]. The van der Waals surface area contributed by atoms with Crippen molar-refractivity contribution >= 4 is 65.4 Å². The molecular weight excluding hydrogens is 1150 g/mol. The van der Waals surface area contributed by atoms with E-state index in [1.165, 1.54) is 0 Å². The van der Waals surface area contributed by atoms with E-state index >= 15 is 0 Å². The van der Waals surface area contributed by atoms with Crippen molar-refractivity contribution in [3.63, 3.8) is 0 Å². The van der Waals surface area contributed by atoms with Crippen molar-refractivity contribution in [1.82, 2.24) is 38.6 Å². The number of rotatable bonds is 7. The fraction of sp³-hybridized carbons (Fsp3) is 0.0392. The van der Waals surface area contributed by atoms with Gasteiger partial charge in [0, 0.05) is 46.4 Å². The van der Waals surface area contributed by atoms with Gasteiger partial charge >= 0.3 is 42.1 Å². The molecule has 0 fully saturated rings. The first-order chi connectivity index (χ1) is 30.0. The zero-order valence-corrected chi connectivity index (χ0v) is 37.9. The Bertz CT molecular complexity index is 3460. The molecule has 0 aliphatic carbocycles. The quantitative estimate of drug-likeness (QED) is 0.147. The van der Waals surface area contributed by atoms with Crippen molar-refractivity contribution in [1.29, 1.82) is 0 Å². The fourth-order valence-corrected chi connectivity index (χ4v) is 8.40. The van der Waals surface area contributed by atoms with Crippen LogP contribution in [0, 0.1) is 38.1 Å². The van der Waals surface area contributed by atoms with Crippen LogP contribution in [0.2, 0.25) is 0 Å². The molecule has 0 radical (unpaired) electrons. The van der Waals surface area contributed by atoms with E-state index in [0.29, 0.717) is 51.6 Å². The average Bonchev–Trinajstić information content (AvgIpc) is 3.91. The van der Waals surface area contributed by atoms with E-state index in [-0.39, 0.29) is 42.1 Å². The van der Waals surface area contributed by atoms with Gasteiger partial charge in [0.2, 0.25) is 5.95 Å². The predicted octanol–water partition coefficient (Wildman–Crippen LogP) is 11.4. The Morgan fingerprint density at radius 2 is 0.746 bits per heavy atom. The van der Waals surface area contributed by atoms with Crippen molar-refractivity contribution in [3.8, 4) is 40.6 Å². The Labute approximate surface area is 389 Å². The molecule has 6 heterocycles. The first kappa shape index (κ1) is 40.1. The summed E-state index contributed by atoms with van der Waals surface area (Å²) in [6.45, 7) is 3.71. The molecule has 10 nitrogen and oxygen atoms in total. The third-order valence-corrected chi connectivity index (χ3v) is 10.9. The maximum Gasteiger partial charge on any atom is 2.00 e. The molecular formula is C51H30N8O2Pt2. The smallest absolute Gasteiger partial charge is 0.509 e. The van der Waals surface area contributed by atoms with Gasteiger partial charge in [-0.3, -0.25) is 0 Å². The monoisotopic (exact) mass is 1180 g/mol. The fourth-order valence-electron chi connectivity index (χ4n) is 8.40. The third-order valence-electron chi connectivity index (χ3n) is 10.9. The number of pyridine rings is 2. The molecule has 12 aromatic rings. The molecule has 0 saturated carbocycles. The predicted molar refractivity (Wildman–Crippen MR) is 236 cm³/mol. The second kappa shape index (κ2) is 16.0. The maximum absolute atomic E-state index is 6.56. The van der Waals surface area contributed by atoms with E-state index in [9.17, 15) is 0 Å². The van der Waals surface area contributed by atoms with Crippen LogP contribution < -0.4 is 9.47 Å². The molecule has 0 spiro atoms. The normalized spacial score (nSPS) is 11.4. The van der Waals surface area contributed by atoms with Gasteiger partial charge in [-0.15, -0.1) is 59.3 Å². The number of hydrogen-bond acceptors (Lipinski definition) is 7. The van der Waals surface area contributed by atoms with Gasteiger partial charge in [0.05, 0.1) is 0 Å². The number of nitrogens with zero attached hydrogens (tertiary/aromatic N) is 8. The first-order valence-electron chi connectivity index (χ1n) is 19.8. The van der Waals surface area contributed by atoms with E-state index < -0.39 is 0 Å². The Balaban J connectivity index is 0.00000236. The van der Waals surface area contributed by atoms with Gasteiger partial charge in [-0.2, -0.15) is 45.0 Å². The summed E-state index contributed by atoms with van der Waals surface area (Å²) in [5, 5.41) is 6.16. The van der Waals surface area contributed by atoms with Gasteiger partial charge in [0.1, 0.15) is 23.3 Å². The zero-order valence-electron chi connectivity index (χ0n) is 33.4. The van der Waals surface area contributed by atoms with Crippen molar-refractivity contribution < 1.29 is 51.6 Å². The number of aryl methyl sites for hydroxylation is 2. The third kappa shape index (κ3) is 6.78. The minimum Gasteiger partial charge on any atom is -0.509 e. The molecule has 12 rings (SSSR count). The molecule has 0 saturated heterocycles. The first-order valence-corrected chi connectivity index (χ1v) is 19.8. The van der Waals surface area contributed by atoms with Crippen LogP contribution in [0.15, 0.2) is 146 Å². The molecule has 6 aromatic heterocycles. The molecule has 6 aromatic carbocycles. The van der Waals surface area contributed by atoms with Crippen LogP contribution in [-0.4, -0.2) is 38.6 Å². The van der Waals surface area contributed by atoms with Crippen LogP contribution in [-0.2, 0) is 42.1 Å². The van der Waals surface area contributed by atoms with Crippen molar-refractivity contribution in [3.05, 3.63) is 182 Å². The molecule has 0 amide bonds. The summed E-state index contributed by atoms with van der Waals surface area (Å²) < 4.78 is 19.3. The van der Waals surface area contributed by atoms with Gasteiger partial charge in [-0.05, 0) is 61.0 Å².